The van der Waals surface area contributed by atoms with Crippen LogP contribution < -0.4 is 5.32 Å². The Morgan fingerprint density at radius 3 is 2.39 bits per heavy atom. The van der Waals surface area contributed by atoms with Gasteiger partial charge in [-0.1, -0.05) is 78.4 Å². The van der Waals surface area contributed by atoms with Crippen molar-refractivity contribution in [2.75, 3.05) is 6.54 Å². The number of aromatic nitrogens is 2. The largest absolute Gasteiger partial charge is 0.356 e. The molecule has 28 heavy (non-hydrogen) atoms. The van der Waals surface area contributed by atoms with Crippen LogP contribution in [0.3, 0.4) is 0 Å². The lowest BCUT2D eigenvalue weighted by Gasteiger charge is -2.17. The van der Waals surface area contributed by atoms with E-state index in [1.165, 1.54) is 50.5 Å². The number of carbonyl (C=O) groups is 1. The Bertz CT molecular complexity index is 727. The van der Waals surface area contributed by atoms with Crippen molar-refractivity contribution in [2.24, 2.45) is 5.41 Å². The third-order valence-electron chi connectivity index (χ3n) is 5.26. The maximum absolute atomic E-state index is 12.0. The van der Waals surface area contributed by atoms with Crippen LogP contribution in [-0.2, 0) is 17.8 Å². The normalized spacial score (nSPS) is 11.9. The van der Waals surface area contributed by atoms with E-state index >= 15 is 0 Å². The summed E-state index contributed by atoms with van der Waals surface area (Å²) in [7, 11) is 0. The van der Waals surface area contributed by atoms with Gasteiger partial charge in [0.05, 0.1) is 11.0 Å². The maximum Gasteiger partial charge on any atom is 0.225 e. The minimum Gasteiger partial charge on any atom is -0.356 e. The Balaban J connectivity index is 1.88. The van der Waals surface area contributed by atoms with E-state index in [2.05, 4.69) is 41.1 Å². The lowest BCUT2D eigenvalue weighted by atomic mass is 9.96. The van der Waals surface area contributed by atoms with E-state index in [0.717, 1.165) is 30.7 Å². The molecule has 0 unspecified atom stereocenters. The molecule has 0 bridgehead atoms. The van der Waals surface area contributed by atoms with E-state index in [4.69, 9.17) is 4.98 Å². The SMILES string of the molecule is CCCCCCCCCn1c(CCCNC(=O)C(C)(C)C)nc2ccccc21. The van der Waals surface area contributed by atoms with Gasteiger partial charge in [0.15, 0.2) is 0 Å². The zero-order valence-electron chi connectivity index (χ0n) is 18.4. The van der Waals surface area contributed by atoms with Crippen molar-refractivity contribution in [1.29, 1.82) is 0 Å². The van der Waals surface area contributed by atoms with E-state index in [1.807, 2.05) is 20.8 Å². The third-order valence-corrected chi connectivity index (χ3v) is 5.26. The van der Waals surface area contributed by atoms with Crippen LogP contribution >= 0.6 is 0 Å². The van der Waals surface area contributed by atoms with Gasteiger partial charge in [-0.2, -0.15) is 0 Å². The maximum atomic E-state index is 12.0. The van der Waals surface area contributed by atoms with Crippen LogP contribution in [0.5, 0.6) is 0 Å². The van der Waals surface area contributed by atoms with Crippen molar-refractivity contribution in [2.45, 2.75) is 92.0 Å². The number of imidazole rings is 1. The Morgan fingerprint density at radius 2 is 1.68 bits per heavy atom. The van der Waals surface area contributed by atoms with Crippen LogP contribution in [0.1, 0.15) is 84.9 Å². The minimum absolute atomic E-state index is 0.115. The first-order chi connectivity index (χ1) is 13.4. The highest BCUT2D eigenvalue weighted by Crippen LogP contribution is 2.19. The lowest BCUT2D eigenvalue weighted by Crippen LogP contribution is -2.35. The highest BCUT2D eigenvalue weighted by Gasteiger charge is 2.20. The summed E-state index contributed by atoms with van der Waals surface area (Å²) in [5.41, 5.74) is 1.99. The van der Waals surface area contributed by atoms with Crippen LogP contribution in [-0.4, -0.2) is 22.0 Å². The topological polar surface area (TPSA) is 46.9 Å². The summed E-state index contributed by atoms with van der Waals surface area (Å²) in [5, 5.41) is 3.05. The number of hydrogen-bond acceptors (Lipinski definition) is 2. The smallest absolute Gasteiger partial charge is 0.225 e. The van der Waals surface area contributed by atoms with Crippen LogP contribution in [0.25, 0.3) is 11.0 Å². The highest BCUT2D eigenvalue weighted by molar-refractivity contribution is 5.81. The first kappa shape index (κ1) is 22.4. The van der Waals surface area contributed by atoms with Gasteiger partial charge in [0, 0.05) is 24.9 Å². The van der Waals surface area contributed by atoms with E-state index < -0.39 is 0 Å². The molecule has 4 heteroatoms. The third kappa shape index (κ3) is 6.96. The summed E-state index contributed by atoms with van der Waals surface area (Å²) in [6.45, 7) is 9.85. The van der Waals surface area contributed by atoms with Gasteiger partial charge in [-0.3, -0.25) is 4.79 Å². The van der Waals surface area contributed by atoms with Gasteiger partial charge >= 0.3 is 0 Å². The molecule has 0 aliphatic carbocycles. The molecule has 0 radical (unpaired) electrons. The summed E-state index contributed by atoms with van der Waals surface area (Å²) in [4.78, 5) is 16.9. The molecule has 2 aromatic rings. The van der Waals surface area contributed by atoms with E-state index in [-0.39, 0.29) is 11.3 Å². The number of para-hydroxylation sites is 2. The first-order valence-corrected chi connectivity index (χ1v) is 11.2. The molecule has 0 saturated carbocycles. The molecule has 0 aliphatic rings. The molecule has 0 spiro atoms. The zero-order valence-corrected chi connectivity index (χ0v) is 18.4. The van der Waals surface area contributed by atoms with E-state index in [1.54, 1.807) is 0 Å². The summed E-state index contributed by atoms with van der Waals surface area (Å²) in [6, 6.07) is 8.43. The molecule has 1 amide bonds. The summed E-state index contributed by atoms with van der Waals surface area (Å²) >= 11 is 0. The number of fused-ring (bicyclic) bond motifs is 1. The number of aryl methyl sites for hydroxylation is 2. The van der Waals surface area contributed by atoms with E-state index in [0.29, 0.717) is 6.54 Å². The molecule has 1 heterocycles. The number of amides is 1. The zero-order chi connectivity index (χ0) is 20.4. The van der Waals surface area contributed by atoms with Crippen LogP contribution in [0.4, 0.5) is 0 Å². The molecule has 0 fully saturated rings. The molecule has 2 rings (SSSR count). The second-order valence-electron chi connectivity index (χ2n) is 8.90. The Morgan fingerprint density at radius 1 is 1.00 bits per heavy atom. The van der Waals surface area contributed by atoms with Crippen molar-refractivity contribution in [3.05, 3.63) is 30.1 Å². The highest BCUT2D eigenvalue weighted by atomic mass is 16.2. The van der Waals surface area contributed by atoms with Gasteiger partial charge in [-0.15, -0.1) is 0 Å². The molecule has 1 aromatic carbocycles. The fourth-order valence-corrected chi connectivity index (χ4v) is 3.51. The second kappa shape index (κ2) is 11.2. The van der Waals surface area contributed by atoms with Gasteiger partial charge in [0.25, 0.3) is 0 Å². The number of benzene rings is 1. The summed E-state index contributed by atoms with van der Waals surface area (Å²) in [5.74, 6) is 1.27. The van der Waals surface area contributed by atoms with Crippen LogP contribution in [0.15, 0.2) is 24.3 Å². The Hall–Kier alpha value is -1.84. The fourth-order valence-electron chi connectivity index (χ4n) is 3.51. The molecule has 0 aliphatic heterocycles. The van der Waals surface area contributed by atoms with Gasteiger partial charge in [0.2, 0.25) is 5.91 Å². The Labute approximate surface area is 171 Å². The first-order valence-electron chi connectivity index (χ1n) is 11.2. The van der Waals surface area contributed by atoms with Crippen molar-refractivity contribution in [3.8, 4) is 0 Å². The van der Waals surface area contributed by atoms with Crippen molar-refractivity contribution in [3.63, 3.8) is 0 Å². The molecular weight excluding hydrogens is 346 g/mol. The van der Waals surface area contributed by atoms with Crippen molar-refractivity contribution in [1.82, 2.24) is 14.9 Å². The van der Waals surface area contributed by atoms with Crippen LogP contribution in [0, 0.1) is 5.41 Å². The molecular formula is C24H39N3O. The summed E-state index contributed by atoms with van der Waals surface area (Å²) in [6.07, 6.45) is 11.0. The van der Waals surface area contributed by atoms with E-state index in [9.17, 15) is 4.79 Å². The van der Waals surface area contributed by atoms with Gasteiger partial charge < -0.3 is 9.88 Å². The average molecular weight is 386 g/mol. The number of nitrogens with one attached hydrogen (secondary N) is 1. The summed E-state index contributed by atoms with van der Waals surface area (Å²) < 4.78 is 2.40. The van der Waals surface area contributed by atoms with Crippen LogP contribution in [0.2, 0.25) is 0 Å². The average Bonchev–Trinajstić information content (AvgIpc) is 3.01. The predicted octanol–water partition coefficient (Wildman–Crippen LogP) is 5.88. The molecule has 1 N–H and O–H groups in total. The monoisotopic (exact) mass is 385 g/mol. The standard InChI is InChI=1S/C24H39N3O/c1-5-6-7-8-9-10-13-19-27-21-16-12-11-15-20(21)26-22(27)17-14-18-25-23(28)24(2,3)4/h11-12,15-16H,5-10,13-14,17-19H2,1-4H3,(H,25,28). The molecule has 0 atom stereocenters. The molecule has 1 aromatic heterocycles. The fraction of sp³-hybridized carbons (Fsp3) is 0.667. The quantitative estimate of drug-likeness (QED) is 0.464. The van der Waals surface area contributed by atoms with Crippen molar-refractivity contribution < 1.29 is 4.79 Å². The minimum atomic E-state index is -0.329. The van der Waals surface area contributed by atoms with Gasteiger partial charge in [-0.25, -0.2) is 4.98 Å². The Kier molecular flexibility index (Phi) is 9.01. The number of nitrogens with zero attached hydrogens (tertiary/aromatic N) is 2. The number of unbranched alkanes of at least 4 members (excludes halogenated alkanes) is 6. The number of hydrogen-bond donors (Lipinski definition) is 1. The van der Waals surface area contributed by atoms with Gasteiger partial charge in [-0.05, 0) is 25.0 Å². The number of carbonyl (C=O) groups excluding carboxylic acids is 1. The molecule has 156 valence electrons. The predicted molar refractivity (Wildman–Crippen MR) is 119 cm³/mol. The van der Waals surface area contributed by atoms with Gasteiger partial charge in [0.1, 0.15) is 5.82 Å². The molecule has 0 saturated heterocycles. The van der Waals surface area contributed by atoms with Crippen molar-refractivity contribution >= 4 is 16.9 Å². The number of rotatable bonds is 12. The molecule has 4 nitrogen and oxygen atoms in total. The second-order valence-corrected chi connectivity index (χ2v) is 8.90. The lowest BCUT2D eigenvalue weighted by molar-refractivity contribution is -0.128.